The Bertz CT molecular complexity index is 779. The molecule has 0 aliphatic rings. The first-order chi connectivity index (χ1) is 22.6. The van der Waals surface area contributed by atoms with Crippen molar-refractivity contribution in [2.75, 3.05) is 0 Å². The number of unbranched alkanes of at least 4 members (excludes halogenated alkanes) is 18. The lowest BCUT2D eigenvalue weighted by atomic mass is 10.0. The third-order valence-corrected chi connectivity index (χ3v) is 8.57. The van der Waals surface area contributed by atoms with Crippen molar-refractivity contribution in [3.05, 3.63) is 48.6 Å². The second-order valence-electron chi connectivity index (χ2n) is 13.1. The highest BCUT2D eigenvalue weighted by molar-refractivity contribution is 5.69. The molecule has 0 rings (SSSR count). The average molecular weight is 643 g/mol. The quantitative estimate of drug-likeness (QED) is 0.0424. The van der Waals surface area contributed by atoms with Gasteiger partial charge in [-0.05, 0) is 77.0 Å². The molecule has 0 saturated carbocycles. The van der Waals surface area contributed by atoms with Crippen LogP contribution in [0.1, 0.15) is 200 Å². The maximum Gasteiger partial charge on any atom is 0.306 e. The normalized spacial score (nSPS) is 12.7. The molecule has 0 aliphatic heterocycles. The molecule has 0 spiro atoms. The summed E-state index contributed by atoms with van der Waals surface area (Å²) in [7, 11) is 0. The van der Waals surface area contributed by atoms with E-state index in [0.717, 1.165) is 77.0 Å². The van der Waals surface area contributed by atoms with Crippen LogP contribution in [-0.4, -0.2) is 23.1 Å². The Morgan fingerprint density at radius 3 is 1.39 bits per heavy atom. The van der Waals surface area contributed by atoms with E-state index >= 15 is 0 Å². The predicted molar refractivity (Wildman–Crippen MR) is 199 cm³/mol. The van der Waals surface area contributed by atoms with Gasteiger partial charge in [-0.1, -0.05) is 159 Å². The molecule has 0 fully saturated rings. The predicted octanol–water partition coefficient (Wildman–Crippen LogP) is 13.6. The number of hydrogen-bond donors (Lipinski definition) is 1. The molecule has 266 valence electrons. The number of carbonyl (C=O) groups is 2. The summed E-state index contributed by atoms with van der Waals surface area (Å²) in [6.07, 6.45) is 49.8. The highest BCUT2D eigenvalue weighted by Crippen LogP contribution is 2.18. The standard InChI is InChI=1S/C42H74O4/c1-3-5-7-9-11-13-15-17-19-21-23-25-27-29-32-36-40(37-33-31-34-38-41(43)44)46-42(45)39-35-30-28-26-24-22-20-18-16-14-12-10-8-6-4-2/h6,8,12,14,18,20,24,26,40H,3-5,7,9-11,13,15-17,19,21-23,25,27-39H2,1-2H3,(H,43,44)/b8-6-,14-12-,20-18-,26-24-. The van der Waals surface area contributed by atoms with Gasteiger partial charge in [0.15, 0.2) is 0 Å². The van der Waals surface area contributed by atoms with Crippen LogP contribution in [0.3, 0.4) is 0 Å². The number of ether oxygens (including phenoxy) is 1. The Kier molecular flexibility index (Phi) is 35.7. The molecule has 0 aromatic heterocycles. The molecule has 0 radical (unpaired) electrons. The van der Waals surface area contributed by atoms with Gasteiger partial charge < -0.3 is 9.84 Å². The number of carboxylic acid groups (broad SMARTS) is 1. The van der Waals surface area contributed by atoms with E-state index in [4.69, 9.17) is 9.84 Å². The SMILES string of the molecule is CC/C=C\C/C=C\C/C=C\C/C=C\CCCCC(=O)OC(CCCCCCCCCCCCCCCCC)CCCCCC(=O)O. The summed E-state index contributed by atoms with van der Waals surface area (Å²) in [6.45, 7) is 4.43. The minimum atomic E-state index is -0.731. The average Bonchev–Trinajstić information content (AvgIpc) is 3.04. The maximum atomic E-state index is 12.6. The molecule has 1 N–H and O–H groups in total. The number of rotatable bonds is 35. The molecule has 0 amide bonds. The summed E-state index contributed by atoms with van der Waals surface area (Å²) in [4.78, 5) is 23.4. The summed E-state index contributed by atoms with van der Waals surface area (Å²) in [5.41, 5.74) is 0. The van der Waals surface area contributed by atoms with E-state index in [1.165, 1.54) is 89.9 Å². The number of esters is 1. The zero-order valence-electron chi connectivity index (χ0n) is 30.4. The number of hydrogen-bond acceptors (Lipinski definition) is 3. The van der Waals surface area contributed by atoms with Gasteiger partial charge in [0.05, 0.1) is 0 Å². The lowest BCUT2D eigenvalue weighted by molar-refractivity contribution is -0.150. The summed E-state index contributed by atoms with van der Waals surface area (Å²) >= 11 is 0. The number of carbonyl (C=O) groups excluding carboxylic acids is 1. The van der Waals surface area contributed by atoms with Crippen LogP contribution in [0.25, 0.3) is 0 Å². The van der Waals surface area contributed by atoms with Crippen molar-refractivity contribution < 1.29 is 19.4 Å². The molecule has 4 heteroatoms. The third kappa shape index (κ3) is 36.4. The zero-order valence-corrected chi connectivity index (χ0v) is 30.4. The molecule has 0 bridgehead atoms. The third-order valence-electron chi connectivity index (χ3n) is 8.57. The van der Waals surface area contributed by atoms with Gasteiger partial charge in [-0.2, -0.15) is 0 Å². The highest BCUT2D eigenvalue weighted by Gasteiger charge is 2.14. The molecule has 46 heavy (non-hydrogen) atoms. The van der Waals surface area contributed by atoms with Crippen molar-refractivity contribution in [1.82, 2.24) is 0 Å². The Morgan fingerprint density at radius 1 is 0.500 bits per heavy atom. The van der Waals surface area contributed by atoms with Crippen LogP contribution < -0.4 is 0 Å². The first-order valence-corrected chi connectivity index (χ1v) is 19.6. The van der Waals surface area contributed by atoms with Crippen LogP contribution >= 0.6 is 0 Å². The van der Waals surface area contributed by atoms with Gasteiger partial charge in [-0.25, -0.2) is 0 Å². The van der Waals surface area contributed by atoms with Crippen molar-refractivity contribution in [2.24, 2.45) is 0 Å². The van der Waals surface area contributed by atoms with E-state index in [-0.39, 0.29) is 18.5 Å². The van der Waals surface area contributed by atoms with Crippen molar-refractivity contribution in [1.29, 1.82) is 0 Å². The van der Waals surface area contributed by atoms with E-state index in [1.54, 1.807) is 0 Å². The van der Waals surface area contributed by atoms with Gasteiger partial charge in [-0.3, -0.25) is 9.59 Å². The minimum absolute atomic E-state index is 0.0198. The minimum Gasteiger partial charge on any atom is -0.481 e. The summed E-state index contributed by atoms with van der Waals surface area (Å²) in [6, 6.07) is 0. The van der Waals surface area contributed by atoms with Crippen molar-refractivity contribution in [2.45, 2.75) is 206 Å². The fourth-order valence-corrected chi connectivity index (χ4v) is 5.70. The molecule has 0 aromatic rings. The second-order valence-corrected chi connectivity index (χ2v) is 13.1. The summed E-state index contributed by atoms with van der Waals surface area (Å²) < 4.78 is 5.92. The first kappa shape index (κ1) is 43.9. The topological polar surface area (TPSA) is 63.6 Å². The largest absolute Gasteiger partial charge is 0.481 e. The molecule has 0 aromatic carbocycles. The van der Waals surface area contributed by atoms with Gasteiger partial charge in [0, 0.05) is 12.8 Å². The van der Waals surface area contributed by atoms with E-state index in [1.807, 2.05) is 0 Å². The summed E-state index contributed by atoms with van der Waals surface area (Å²) in [5.74, 6) is -0.798. The zero-order chi connectivity index (χ0) is 33.6. The number of allylic oxidation sites excluding steroid dienone is 8. The van der Waals surface area contributed by atoms with Gasteiger partial charge in [0.25, 0.3) is 0 Å². The van der Waals surface area contributed by atoms with Crippen molar-refractivity contribution in [3.8, 4) is 0 Å². The Labute approximate surface area is 285 Å². The molecule has 1 unspecified atom stereocenters. The van der Waals surface area contributed by atoms with Gasteiger partial charge >= 0.3 is 11.9 Å². The lowest BCUT2D eigenvalue weighted by Gasteiger charge is -2.18. The van der Waals surface area contributed by atoms with Crippen LogP contribution in [-0.2, 0) is 14.3 Å². The Morgan fingerprint density at radius 2 is 0.913 bits per heavy atom. The molecule has 1 atom stereocenters. The van der Waals surface area contributed by atoms with Crippen LogP contribution in [0.4, 0.5) is 0 Å². The van der Waals surface area contributed by atoms with Crippen molar-refractivity contribution >= 4 is 11.9 Å². The van der Waals surface area contributed by atoms with E-state index in [9.17, 15) is 9.59 Å². The molecular weight excluding hydrogens is 568 g/mol. The fourth-order valence-electron chi connectivity index (χ4n) is 5.70. The summed E-state index contributed by atoms with van der Waals surface area (Å²) in [5, 5.41) is 8.89. The Balaban J connectivity index is 4.03. The van der Waals surface area contributed by atoms with E-state index in [0.29, 0.717) is 12.8 Å². The van der Waals surface area contributed by atoms with E-state index < -0.39 is 5.97 Å². The smallest absolute Gasteiger partial charge is 0.306 e. The van der Waals surface area contributed by atoms with Gasteiger partial charge in [0.1, 0.15) is 6.10 Å². The van der Waals surface area contributed by atoms with Gasteiger partial charge in [-0.15, -0.1) is 0 Å². The van der Waals surface area contributed by atoms with Gasteiger partial charge in [0.2, 0.25) is 0 Å². The van der Waals surface area contributed by atoms with Crippen LogP contribution in [0.5, 0.6) is 0 Å². The van der Waals surface area contributed by atoms with Crippen LogP contribution in [0.2, 0.25) is 0 Å². The fraction of sp³-hybridized carbons (Fsp3) is 0.762. The van der Waals surface area contributed by atoms with Crippen LogP contribution in [0.15, 0.2) is 48.6 Å². The molecular formula is C42H74O4. The Hall–Kier alpha value is -2.10. The van der Waals surface area contributed by atoms with Crippen LogP contribution in [0, 0.1) is 0 Å². The highest BCUT2D eigenvalue weighted by atomic mass is 16.5. The lowest BCUT2D eigenvalue weighted by Crippen LogP contribution is -2.18. The number of aliphatic carboxylic acids is 1. The molecule has 4 nitrogen and oxygen atoms in total. The van der Waals surface area contributed by atoms with E-state index in [2.05, 4.69) is 62.5 Å². The number of carboxylic acids is 1. The molecule has 0 heterocycles. The monoisotopic (exact) mass is 643 g/mol. The molecule has 0 saturated heterocycles. The van der Waals surface area contributed by atoms with Crippen molar-refractivity contribution in [3.63, 3.8) is 0 Å². The maximum absolute atomic E-state index is 12.6. The molecule has 0 aliphatic carbocycles. The first-order valence-electron chi connectivity index (χ1n) is 19.6. The second kappa shape index (κ2) is 37.4.